The lowest BCUT2D eigenvalue weighted by Gasteiger charge is -2.33. The molecule has 3 rings (SSSR count). The fourth-order valence-electron chi connectivity index (χ4n) is 2.58. The van der Waals surface area contributed by atoms with E-state index in [0.29, 0.717) is 11.3 Å². The van der Waals surface area contributed by atoms with Crippen molar-refractivity contribution in [3.05, 3.63) is 51.8 Å². The highest BCUT2D eigenvalue weighted by Crippen LogP contribution is 2.36. The summed E-state index contributed by atoms with van der Waals surface area (Å²) in [5.41, 5.74) is 0.554. The third kappa shape index (κ3) is 2.92. The van der Waals surface area contributed by atoms with Gasteiger partial charge in [-0.15, -0.1) is 11.6 Å². The van der Waals surface area contributed by atoms with Crippen molar-refractivity contribution in [2.24, 2.45) is 0 Å². The lowest BCUT2D eigenvalue weighted by Crippen LogP contribution is -2.55. The molecule has 0 saturated carbocycles. The van der Waals surface area contributed by atoms with Crippen LogP contribution >= 0.6 is 11.6 Å². The van der Waals surface area contributed by atoms with Crippen LogP contribution in [-0.2, 0) is 25.7 Å². The number of nitrogens with zero attached hydrogens (tertiary/aromatic N) is 2. The number of hydrogen-bond donors (Lipinski definition) is 0. The quantitative estimate of drug-likeness (QED) is 0.263. The van der Waals surface area contributed by atoms with Crippen LogP contribution in [0.3, 0.4) is 0 Å². The van der Waals surface area contributed by atoms with Gasteiger partial charge in [0, 0.05) is 18.0 Å². The molecule has 1 aromatic rings. The van der Waals surface area contributed by atoms with Gasteiger partial charge in [0.2, 0.25) is 5.91 Å². The van der Waals surface area contributed by atoms with E-state index in [4.69, 9.17) is 21.1 Å². The van der Waals surface area contributed by atoms with Crippen molar-refractivity contribution in [3.63, 3.8) is 0 Å². The van der Waals surface area contributed by atoms with Crippen LogP contribution in [-0.4, -0.2) is 39.8 Å². The minimum atomic E-state index is -0.923. The number of halogens is 1. The van der Waals surface area contributed by atoms with E-state index in [2.05, 4.69) is 0 Å². The number of carbonyl (C=O) groups excluding carboxylic acids is 2. The number of β-lactam (4-membered cyclic amide) rings is 1. The van der Waals surface area contributed by atoms with E-state index in [1.54, 1.807) is 0 Å². The third-order valence-electron chi connectivity index (χ3n) is 3.80. The summed E-state index contributed by atoms with van der Waals surface area (Å²) in [6.45, 7) is -0.0613. The maximum atomic E-state index is 12.3. The molecule has 2 aliphatic rings. The number of alkyl halides is 1. The second-order valence-corrected chi connectivity index (χ2v) is 5.58. The number of nitro benzene ring substituents is 1. The zero-order valence-electron chi connectivity index (χ0n) is 12.4. The third-order valence-corrected chi connectivity index (χ3v) is 3.95. The number of ether oxygens (including phenoxy) is 2. The molecule has 126 valence electrons. The highest BCUT2D eigenvalue weighted by molar-refractivity contribution is 6.19. The predicted octanol–water partition coefficient (Wildman–Crippen LogP) is 1.72. The number of rotatable bonds is 5. The zero-order valence-corrected chi connectivity index (χ0v) is 13.1. The number of esters is 1. The minimum absolute atomic E-state index is 0.0457. The lowest BCUT2D eigenvalue weighted by molar-refractivity contribution is -0.384. The van der Waals surface area contributed by atoms with Gasteiger partial charge < -0.3 is 9.47 Å². The SMILES string of the molecule is O=C(OCc1ccc([N+](=O)[O-])cc1)C1/C(=C/CCl)OC2CC(=O)N21. The molecule has 0 aliphatic carbocycles. The van der Waals surface area contributed by atoms with Gasteiger partial charge in [0.25, 0.3) is 5.69 Å². The first-order valence-electron chi connectivity index (χ1n) is 7.15. The molecule has 8 nitrogen and oxygen atoms in total. The average molecular weight is 353 g/mol. The number of fused-ring (bicyclic) bond motifs is 1. The van der Waals surface area contributed by atoms with E-state index in [9.17, 15) is 19.7 Å². The van der Waals surface area contributed by atoms with E-state index < -0.39 is 23.2 Å². The van der Waals surface area contributed by atoms with E-state index >= 15 is 0 Å². The molecule has 2 unspecified atom stereocenters. The topological polar surface area (TPSA) is 99.0 Å². The molecule has 24 heavy (non-hydrogen) atoms. The normalized spacial score (nSPS) is 23.5. The summed E-state index contributed by atoms with van der Waals surface area (Å²) in [7, 11) is 0. The molecule has 2 atom stereocenters. The number of carbonyl (C=O) groups is 2. The first-order valence-corrected chi connectivity index (χ1v) is 7.68. The van der Waals surface area contributed by atoms with Gasteiger partial charge in [-0.3, -0.25) is 19.8 Å². The number of non-ortho nitro benzene ring substituents is 1. The van der Waals surface area contributed by atoms with Crippen LogP contribution in [0.15, 0.2) is 36.1 Å². The van der Waals surface area contributed by atoms with Gasteiger partial charge in [0.1, 0.15) is 12.4 Å². The van der Waals surface area contributed by atoms with Crippen LogP contribution in [0.4, 0.5) is 5.69 Å². The lowest BCUT2D eigenvalue weighted by atomic mass is 10.1. The monoisotopic (exact) mass is 352 g/mol. The van der Waals surface area contributed by atoms with Crippen LogP contribution in [0.25, 0.3) is 0 Å². The van der Waals surface area contributed by atoms with Crippen molar-refractivity contribution in [3.8, 4) is 0 Å². The van der Waals surface area contributed by atoms with Crippen LogP contribution < -0.4 is 0 Å². The number of benzene rings is 1. The molecular formula is C15H13ClN2O6. The molecule has 0 aromatic heterocycles. The Morgan fingerprint density at radius 1 is 1.46 bits per heavy atom. The van der Waals surface area contributed by atoms with Gasteiger partial charge in [-0.2, -0.15) is 0 Å². The number of allylic oxidation sites excluding steroid dienone is 1. The highest BCUT2D eigenvalue weighted by atomic mass is 35.5. The van der Waals surface area contributed by atoms with E-state index in [1.807, 2.05) is 0 Å². The maximum absolute atomic E-state index is 12.3. The summed E-state index contributed by atoms with van der Waals surface area (Å²) < 4.78 is 10.7. The van der Waals surface area contributed by atoms with Gasteiger partial charge in [0.15, 0.2) is 12.3 Å². The highest BCUT2D eigenvalue weighted by Gasteiger charge is 2.54. The second-order valence-electron chi connectivity index (χ2n) is 5.27. The number of nitro groups is 1. The van der Waals surface area contributed by atoms with Crippen molar-refractivity contribution in [2.75, 3.05) is 5.88 Å². The smallest absolute Gasteiger partial charge is 0.337 e. The Labute approximate surface area is 141 Å². The van der Waals surface area contributed by atoms with Gasteiger partial charge in [-0.1, -0.05) is 0 Å². The van der Waals surface area contributed by atoms with E-state index in [-0.39, 0.29) is 30.5 Å². The fraction of sp³-hybridized carbons (Fsp3) is 0.333. The van der Waals surface area contributed by atoms with E-state index in [0.717, 1.165) is 0 Å². The molecule has 2 fully saturated rings. The van der Waals surface area contributed by atoms with Crippen molar-refractivity contribution in [1.29, 1.82) is 0 Å². The maximum Gasteiger partial charge on any atom is 0.337 e. The molecule has 0 bridgehead atoms. The largest absolute Gasteiger partial charge is 0.472 e. The molecular weight excluding hydrogens is 340 g/mol. The molecule has 2 aliphatic heterocycles. The summed E-state index contributed by atoms with van der Waals surface area (Å²) in [4.78, 5) is 35.4. The minimum Gasteiger partial charge on any atom is -0.472 e. The summed E-state index contributed by atoms with van der Waals surface area (Å²) in [5, 5.41) is 10.6. The van der Waals surface area contributed by atoms with Gasteiger partial charge in [-0.05, 0) is 23.8 Å². The molecule has 1 amide bonds. The zero-order chi connectivity index (χ0) is 17.3. The number of hydrogen-bond acceptors (Lipinski definition) is 6. The standard InChI is InChI=1S/C15H13ClN2O6/c16-6-5-11-14(17-12(19)7-13(17)24-11)15(20)23-8-9-1-3-10(4-2-9)18(21)22/h1-5,13-14H,6-8H2/b11-5-. The van der Waals surface area contributed by atoms with Crippen molar-refractivity contribution in [1.82, 2.24) is 4.90 Å². The van der Waals surface area contributed by atoms with Crippen molar-refractivity contribution >= 4 is 29.2 Å². The molecule has 0 radical (unpaired) electrons. The summed E-state index contributed by atoms with van der Waals surface area (Å²) in [6.07, 6.45) is 1.32. The molecule has 9 heteroatoms. The van der Waals surface area contributed by atoms with Crippen molar-refractivity contribution < 1.29 is 24.0 Å². The first kappa shape index (κ1) is 16.3. The first-order chi connectivity index (χ1) is 11.5. The molecule has 2 heterocycles. The van der Waals surface area contributed by atoms with Crippen LogP contribution in [0.2, 0.25) is 0 Å². The molecule has 1 aromatic carbocycles. The summed E-state index contributed by atoms with van der Waals surface area (Å²) in [5.74, 6) is -0.346. The molecule has 0 N–H and O–H groups in total. The van der Waals surface area contributed by atoms with Gasteiger partial charge in [0.05, 0.1) is 11.3 Å². The number of amides is 1. The molecule has 0 spiro atoms. The fourth-order valence-corrected chi connectivity index (χ4v) is 2.73. The summed E-state index contributed by atoms with van der Waals surface area (Å²) >= 11 is 5.65. The van der Waals surface area contributed by atoms with Crippen LogP contribution in [0.5, 0.6) is 0 Å². The Hall–Kier alpha value is -2.61. The summed E-state index contributed by atoms with van der Waals surface area (Å²) in [6, 6.07) is 4.74. The Kier molecular flexibility index (Phi) is 4.39. The molecule has 2 saturated heterocycles. The van der Waals surface area contributed by atoms with Crippen molar-refractivity contribution in [2.45, 2.75) is 25.3 Å². The Bertz CT molecular complexity index is 717. The second kappa shape index (κ2) is 6.48. The Morgan fingerprint density at radius 3 is 2.75 bits per heavy atom. The van der Waals surface area contributed by atoms with Crippen LogP contribution in [0, 0.1) is 10.1 Å². The predicted molar refractivity (Wildman–Crippen MR) is 81.8 cm³/mol. The Morgan fingerprint density at radius 2 is 2.17 bits per heavy atom. The average Bonchev–Trinajstić information content (AvgIpc) is 2.85. The Balaban J connectivity index is 1.66. The van der Waals surface area contributed by atoms with E-state index in [1.165, 1.54) is 35.2 Å². The van der Waals surface area contributed by atoms with Gasteiger partial charge >= 0.3 is 5.97 Å². The van der Waals surface area contributed by atoms with Crippen LogP contribution in [0.1, 0.15) is 12.0 Å². The van der Waals surface area contributed by atoms with Gasteiger partial charge in [-0.25, -0.2) is 4.79 Å².